The van der Waals surface area contributed by atoms with E-state index in [2.05, 4.69) is 0 Å². The summed E-state index contributed by atoms with van der Waals surface area (Å²) in [6.07, 6.45) is 0.756. The number of likely N-dealkylation sites (tertiary alicyclic amines) is 1. The Morgan fingerprint density at radius 2 is 2.16 bits per heavy atom. The monoisotopic (exact) mass is 267 g/mol. The molecule has 0 spiro atoms. The zero-order valence-electron chi connectivity index (χ0n) is 11.7. The largest absolute Gasteiger partial charge is 0.481 e. The molecular weight excluding hydrogens is 246 g/mol. The Kier molecular flexibility index (Phi) is 4.76. The van der Waals surface area contributed by atoms with Crippen molar-refractivity contribution < 1.29 is 14.7 Å². The van der Waals surface area contributed by atoms with Crippen molar-refractivity contribution in [3.8, 4) is 6.07 Å². The molecule has 2 amide bonds. The molecule has 1 aliphatic rings. The first-order valence-corrected chi connectivity index (χ1v) is 6.47. The van der Waals surface area contributed by atoms with Gasteiger partial charge in [-0.1, -0.05) is 0 Å². The van der Waals surface area contributed by atoms with Crippen molar-refractivity contribution >= 4 is 12.0 Å². The van der Waals surface area contributed by atoms with Gasteiger partial charge in [-0.25, -0.2) is 4.79 Å². The van der Waals surface area contributed by atoms with Gasteiger partial charge >= 0.3 is 12.0 Å². The van der Waals surface area contributed by atoms with E-state index in [-0.39, 0.29) is 25.0 Å². The fourth-order valence-corrected chi connectivity index (χ4v) is 2.23. The maximum atomic E-state index is 12.4. The maximum Gasteiger partial charge on any atom is 0.320 e. The highest BCUT2D eigenvalue weighted by Crippen LogP contribution is 2.30. The predicted octanol–water partition coefficient (Wildman–Crippen LogP) is 1.53. The zero-order valence-corrected chi connectivity index (χ0v) is 11.7. The molecule has 0 aromatic carbocycles. The number of hydrogen-bond donors (Lipinski definition) is 1. The Morgan fingerprint density at radius 1 is 1.53 bits per heavy atom. The summed E-state index contributed by atoms with van der Waals surface area (Å²) in [6.45, 7) is 6.52. The number of rotatable bonds is 4. The molecule has 19 heavy (non-hydrogen) atoms. The van der Waals surface area contributed by atoms with Gasteiger partial charge in [0.1, 0.15) is 0 Å². The number of carboxylic acids is 1. The van der Waals surface area contributed by atoms with E-state index in [4.69, 9.17) is 10.4 Å². The Labute approximate surface area is 113 Å². The van der Waals surface area contributed by atoms with E-state index in [0.29, 0.717) is 19.5 Å². The minimum atomic E-state index is -0.865. The number of aliphatic carboxylic acids is 1. The van der Waals surface area contributed by atoms with Gasteiger partial charge in [0, 0.05) is 25.7 Å². The molecule has 6 nitrogen and oxygen atoms in total. The van der Waals surface area contributed by atoms with Crippen LogP contribution >= 0.6 is 0 Å². The van der Waals surface area contributed by atoms with Crippen LogP contribution in [0.2, 0.25) is 0 Å². The Hall–Kier alpha value is -1.77. The van der Waals surface area contributed by atoms with Crippen molar-refractivity contribution in [3.63, 3.8) is 0 Å². The van der Waals surface area contributed by atoms with Crippen LogP contribution in [0.5, 0.6) is 0 Å². The summed E-state index contributed by atoms with van der Waals surface area (Å²) < 4.78 is 0. The second kappa shape index (κ2) is 5.91. The molecule has 1 unspecified atom stereocenters. The van der Waals surface area contributed by atoms with Crippen LogP contribution in [0.1, 0.15) is 33.6 Å². The lowest BCUT2D eigenvalue weighted by atomic mass is 9.90. The molecule has 1 rings (SSSR count). The lowest BCUT2D eigenvalue weighted by Crippen LogP contribution is -2.47. The Balaban J connectivity index is 2.72. The minimum absolute atomic E-state index is 0.00228. The van der Waals surface area contributed by atoms with Crippen LogP contribution in [-0.2, 0) is 4.79 Å². The predicted molar refractivity (Wildman–Crippen MR) is 69.4 cm³/mol. The number of amides is 2. The van der Waals surface area contributed by atoms with Crippen LogP contribution in [-0.4, -0.2) is 52.6 Å². The first-order valence-electron chi connectivity index (χ1n) is 6.47. The Bertz CT molecular complexity index is 402. The van der Waals surface area contributed by atoms with Crippen LogP contribution in [0.25, 0.3) is 0 Å². The van der Waals surface area contributed by atoms with Gasteiger partial charge in [-0.05, 0) is 27.2 Å². The molecule has 1 N–H and O–H groups in total. The number of carboxylic acid groups (broad SMARTS) is 1. The molecule has 1 aliphatic heterocycles. The van der Waals surface area contributed by atoms with Crippen LogP contribution in [0, 0.1) is 16.7 Å². The highest BCUT2D eigenvalue weighted by Gasteiger charge is 2.43. The molecule has 6 heteroatoms. The number of nitriles is 1. The average Bonchev–Trinajstić information content (AvgIpc) is 2.73. The van der Waals surface area contributed by atoms with E-state index >= 15 is 0 Å². The van der Waals surface area contributed by atoms with Crippen LogP contribution in [0.3, 0.4) is 0 Å². The molecule has 1 heterocycles. The number of carbonyl (C=O) groups is 2. The van der Waals surface area contributed by atoms with Crippen molar-refractivity contribution in [3.05, 3.63) is 0 Å². The third kappa shape index (κ3) is 3.37. The van der Waals surface area contributed by atoms with Gasteiger partial charge in [0.05, 0.1) is 17.9 Å². The van der Waals surface area contributed by atoms with Gasteiger partial charge in [0.25, 0.3) is 0 Å². The van der Waals surface area contributed by atoms with Gasteiger partial charge in [-0.2, -0.15) is 5.26 Å². The topological polar surface area (TPSA) is 84.6 Å². The lowest BCUT2D eigenvalue weighted by Gasteiger charge is -2.31. The summed E-state index contributed by atoms with van der Waals surface area (Å²) in [6, 6.07) is 1.85. The quantitative estimate of drug-likeness (QED) is 0.837. The molecule has 1 saturated heterocycles. The van der Waals surface area contributed by atoms with E-state index in [1.165, 1.54) is 0 Å². The first-order chi connectivity index (χ1) is 8.81. The summed E-state index contributed by atoms with van der Waals surface area (Å²) in [5.41, 5.74) is -0.854. The van der Waals surface area contributed by atoms with Gasteiger partial charge in [-0.15, -0.1) is 0 Å². The van der Waals surface area contributed by atoms with E-state index in [1.54, 1.807) is 16.7 Å². The summed E-state index contributed by atoms with van der Waals surface area (Å²) in [5.74, 6) is -0.865. The number of nitrogens with zero attached hydrogens (tertiary/aromatic N) is 3. The average molecular weight is 267 g/mol. The van der Waals surface area contributed by atoms with Gasteiger partial charge in [0.15, 0.2) is 0 Å². The molecule has 1 fully saturated rings. The van der Waals surface area contributed by atoms with E-state index in [9.17, 15) is 9.59 Å². The third-order valence-electron chi connectivity index (χ3n) is 3.59. The van der Waals surface area contributed by atoms with E-state index < -0.39 is 11.4 Å². The third-order valence-corrected chi connectivity index (χ3v) is 3.59. The molecule has 0 saturated carbocycles. The number of urea groups is 1. The Morgan fingerprint density at radius 3 is 2.58 bits per heavy atom. The highest BCUT2D eigenvalue weighted by molar-refractivity contribution is 5.79. The molecule has 1 atom stereocenters. The summed E-state index contributed by atoms with van der Waals surface area (Å²) >= 11 is 0. The summed E-state index contributed by atoms with van der Waals surface area (Å²) in [7, 11) is 0. The fourth-order valence-electron chi connectivity index (χ4n) is 2.23. The molecule has 0 radical (unpaired) electrons. The normalized spacial score (nSPS) is 22.4. The lowest BCUT2D eigenvalue weighted by molar-refractivity contribution is -0.147. The number of hydrogen-bond acceptors (Lipinski definition) is 3. The molecule has 0 aliphatic carbocycles. The van der Waals surface area contributed by atoms with Crippen molar-refractivity contribution in [2.45, 2.75) is 39.7 Å². The second-order valence-electron chi connectivity index (χ2n) is 5.52. The van der Waals surface area contributed by atoms with Crippen LogP contribution in [0.4, 0.5) is 4.79 Å². The van der Waals surface area contributed by atoms with Crippen LogP contribution < -0.4 is 0 Å². The highest BCUT2D eigenvalue weighted by atomic mass is 16.4. The zero-order chi connectivity index (χ0) is 14.6. The second-order valence-corrected chi connectivity index (χ2v) is 5.52. The summed E-state index contributed by atoms with van der Waals surface area (Å²) in [4.78, 5) is 26.7. The van der Waals surface area contributed by atoms with Crippen molar-refractivity contribution in [2.24, 2.45) is 5.41 Å². The molecular formula is C13H21N3O3. The molecule has 0 aromatic heterocycles. The fraction of sp³-hybridized carbons (Fsp3) is 0.769. The van der Waals surface area contributed by atoms with E-state index in [0.717, 1.165) is 0 Å². The molecule has 0 bridgehead atoms. The van der Waals surface area contributed by atoms with Gasteiger partial charge in [0.2, 0.25) is 0 Å². The maximum absolute atomic E-state index is 12.4. The smallest absolute Gasteiger partial charge is 0.320 e. The molecule has 106 valence electrons. The standard InChI is InChI=1S/C13H21N3O3/c1-10(2)16(7-4-6-14)12(19)15-8-5-13(3,9-15)11(17)18/h10H,4-5,7-9H2,1-3H3,(H,17,18). The van der Waals surface area contributed by atoms with Crippen molar-refractivity contribution in [2.75, 3.05) is 19.6 Å². The molecule has 0 aromatic rings. The van der Waals surface area contributed by atoms with Gasteiger partial charge in [-0.3, -0.25) is 4.79 Å². The van der Waals surface area contributed by atoms with Gasteiger partial charge < -0.3 is 14.9 Å². The SMILES string of the molecule is CC(C)N(CCC#N)C(=O)N1CCC(C)(C(=O)O)C1. The number of carbonyl (C=O) groups excluding carboxylic acids is 1. The van der Waals surface area contributed by atoms with Crippen molar-refractivity contribution in [1.82, 2.24) is 9.80 Å². The first kappa shape index (κ1) is 15.3. The summed E-state index contributed by atoms with van der Waals surface area (Å²) in [5, 5.41) is 17.8. The van der Waals surface area contributed by atoms with Crippen molar-refractivity contribution in [1.29, 1.82) is 5.26 Å². The minimum Gasteiger partial charge on any atom is -0.481 e. The van der Waals surface area contributed by atoms with Crippen LogP contribution in [0.15, 0.2) is 0 Å². The van der Waals surface area contributed by atoms with E-state index in [1.807, 2.05) is 19.9 Å².